The average Bonchev–Trinajstić information content (AvgIpc) is 2.39. The Morgan fingerprint density at radius 2 is 1.86 bits per heavy atom. The number of aliphatic imine (C=N–C) groups is 1. The molecule has 0 bridgehead atoms. The van der Waals surface area contributed by atoms with Crippen molar-refractivity contribution >= 4 is 15.8 Å². The van der Waals surface area contributed by atoms with Gasteiger partial charge in [-0.2, -0.15) is 0 Å². The minimum absolute atomic E-state index is 0.0568. The van der Waals surface area contributed by atoms with E-state index in [1.807, 2.05) is 6.92 Å². The number of hydrogen-bond donors (Lipinski definition) is 2. The molecule has 0 aliphatic rings. The Bertz CT molecular complexity index is 408. The monoisotopic (exact) mass is 335 g/mol. The molecule has 0 aliphatic carbocycles. The van der Waals surface area contributed by atoms with Gasteiger partial charge in [-0.05, 0) is 32.6 Å². The second kappa shape index (κ2) is 11.7. The third kappa shape index (κ3) is 14.1. The van der Waals surface area contributed by atoms with Gasteiger partial charge in [-0.1, -0.05) is 13.8 Å². The molecule has 0 fully saturated rings. The van der Waals surface area contributed by atoms with Crippen LogP contribution in [0.25, 0.3) is 0 Å². The fraction of sp³-hybridized carbons (Fsp3) is 0.933. The first-order valence-corrected chi connectivity index (χ1v) is 10.1. The van der Waals surface area contributed by atoms with Crippen LogP contribution in [0, 0.1) is 5.92 Å². The van der Waals surface area contributed by atoms with E-state index in [1.54, 1.807) is 0 Å². The average molecular weight is 336 g/mol. The number of rotatable bonds is 11. The molecule has 0 radical (unpaired) electrons. The summed E-state index contributed by atoms with van der Waals surface area (Å²) in [5, 5.41) is 6.58. The van der Waals surface area contributed by atoms with Gasteiger partial charge in [0, 0.05) is 18.8 Å². The third-order valence-electron chi connectivity index (χ3n) is 3.01. The lowest BCUT2D eigenvalue weighted by Gasteiger charge is -2.18. The van der Waals surface area contributed by atoms with Crippen LogP contribution < -0.4 is 10.6 Å². The summed E-state index contributed by atoms with van der Waals surface area (Å²) in [5.41, 5.74) is 0. The molecule has 6 nitrogen and oxygen atoms in total. The summed E-state index contributed by atoms with van der Waals surface area (Å²) in [6.07, 6.45) is 3.50. The van der Waals surface area contributed by atoms with Gasteiger partial charge in [-0.3, -0.25) is 4.99 Å². The van der Waals surface area contributed by atoms with Gasteiger partial charge in [-0.15, -0.1) is 0 Å². The molecule has 132 valence electrons. The van der Waals surface area contributed by atoms with E-state index >= 15 is 0 Å². The van der Waals surface area contributed by atoms with Gasteiger partial charge in [0.25, 0.3) is 0 Å². The van der Waals surface area contributed by atoms with E-state index in [4.69, 9.17) is 4.74 Å². The largest absolute Gasteiger partial charge is 0.378 e. The molecule has 0 aliphatic heterocycles. The van der Waals surface area contributed by atoms with Crippen LogP contribution >= 0.6 is 0 Å². The summed E-state index contributed by atoms with van der Waals surface area (Å²) >= 11 is 0. The summed E-state index contributed by atoms with van der Waals surface area (Å²) in [7, 11) is -2.95. The number of sulfone groups is 1. The topological polar surface area (TPSA) is 79.8 Å². The van der Waals surface area contributed by atoms with Crippen molar-refractivity contribution in [3.8, 4) is 0 Å². The molecule has 0 spiro atoms. The molecule has 0 rings (SSSR count). The van der Waals surface area contributed by atoms with E-state index in [0.29, 0.717) is 25.1 Å². The minimum Gasteiger partial charge on any atom is -0.378 e. The summed E-state index contributed by atoms with van der Waals surface area (Å²) in [4.78, 5) is 4.43. The molecule has 22 heavy (non-hydrogen) atoms. The smallest absolute Gasteiger partial charge is 0.191 e. The lowest BCUT2D eigenvalue weighted by Crippen LogP contribution is -2.42. The Labute approximate surface area is 136 Å². The predicted molar refractivity (Wildman–Crippen MR) is 93.2 cm³/mol. The van der Waals surface area contributed by atoms with Crippen LogP contribution in [0.2, 0.25) is 0 Å². The molecule has 0 aromatic heterocycles. The normalized spacial score (nSPS) is 14.2. The molecular formula is C15H33N3O3S. The van der Waals surface area contributed by atoms with Crippen molar-refractivity contribution in [1.29, 1.82) is 0 Å². The van der Waals surface area contributed by atoms with E-state index in [0.717, 1.165) is 18.9 Å². The van der Waals surface area contributed by atoms with E-state index < -0.39 is 9.84 Å². The number of guanidine groups is 1. The maximum atomic E-state index is 11.0. The highest BCUT2D eigenvalue weighted by molar-refractivity contribution is 7.90. The number of ether oxygens (including phenoxy) is 1. The molecule has 0 amide bonds. The van der Waals surface area contributed by atoms with Gasteiger partial charge in [0.1, 0.15) is 9.84 Å². The van der Waals surface area contributed by atoms with Crippen molar-refractivity contribution in [1.82, 2.24) is 10.6 Å². The first kappa shape index (κ1) is 21.2. The highest BCUT2D eigenvalue weighted by atomic mass is 32.2. The second-order valence-electron chi connectivity index (χ2n) is 6.02. The standard InChI is InChI=1S/C15H33N3O3S/c1-6-16-15(18-14(4)8-7-13(2)3)17-9-10-21-11-12-22(5,19)20/h13-14H,6-12H2,1-5H3,(H2,16,17,18). The Morgan fingerprint density at radius 3 is 2.41 bits per heavy atom. The summed E-state index contributed by atoms with van der Waals surface area (Å²) in [5.74, 6) is 1.54. The lowest BCUT2D eigenvalue weighted by atomic mass is 10.0. The Kier molecular flexibility index (Phi) is 11.3. The van der Waals surface area contributed by atoms with Crippen LogP contribution in [-0.2, 0) is 14.6 Å². The molecule has 7 heteroatoms. The van der Waals surface area contributed by atoms with Crippen LogP contribution in [0.1, 0.15) is 40.5 Å². The highest BCUT2D eigenvalue weighted by Gasteiger charge is 2.06. The van der Waals surface area contributed by atoms with Gasteiger partial charge >= 0.3 is 0 Å². The fourth-order valence-corrected chi connectivity index (χ4v) is 2.16. The maximum Gasteiger partial charge on any atom is 0.191 e. The van der Waals surface area contributed by atoms with Gasteiger partial charge < -0.3 is 15.4 Å². The zero-order valence-corrected chi connectivity index (χ0v) is 15.5. The fourth-order valence-electron chi connectivity index (χ4n) is 1.74. The highest BCUT2D eigenvalue weighted by Crippen LogP contribution is 2.06. The molecule has 0 heterocycles. The molecular weight excluding hydrogens is 302 g/mol. The minimum atomic E-state index is -2.95. The summed E-state index contributed by atoms with van der Waals surface area (Å²) in [6, 6.07) is 0.367. The van der Waals surface area contributed by atoms with Crippen LogP contribution in [0.3, 0.4) is 0 Å². The Hall–Kier alpha value is -0.820. The SMILES string of the molecule is CCNC(=NCCOCCS(C)(=O)=O)NC(C)CCC(C)C. The van der Waals surface area contributed by atoms with Gasteiger partial charge in [0.15, 0.2) is 5.96 Å². The van der Waals surface area contributed by atoms with Crippen molar-refractivity contribution in [3.05, 3.63) is 0 Å². The zero-order chi connectivity index (χ0) is 17.0. The quantitative estimate of drug-likeness (QED) is 0.339. The number of nitrogens with zero attached hydrogens (tertiary/aromatic N) is 1. The Balaban J connectivity index is 4.04. The van der Waals surface area contributed by atoms with Crippen molar-refractivity contribution in [2.75, 3.05) is 38.3 Å². The summed E-state index contributed by atoms with van der Waals surface area (Å²) in [6.45, 7) is 10.6. The Morgan fingerprint density at radius 1 is 1.18 bits per heavy atom. The van der Waals surface area contributed by atoms with Crippen LogP contribution in [0.5, 0.6) is 0 Å². The molecule has 0 aromatic carbocycles. The second-order valence-corrected chi connectivity index (χ2v) is 8.28. The first-order chi connectivity index (χ1) is 10.2. The molecule has 2 N–H and O–H groups in total. The zero-order valence-electron chi connectivity index (χ0n) is 14.7. The number of nitrogens with one attached hydrogen (secondary N) is 2. The molecule has 1 unspecified atom stereocenters. The van der Waals surface area contributed by atoms with E-state index in [9.17, 15) is 8.42 Å². The third-order valence-corrected chi connectivity index (χ3v) is 3.92. The molecule has 1 atom stereocenters. The van der Waals surface area contributed by atoms with Crippen molar-refractivity contribution < 1.29 is 13.2 Å². The van der Waals surface area contributed by atoms with E-state index in [-0.39, 0.29) is 12.4 Å². The van der Waals surface area contributed by atoms with Gasteiger partial charge in [0.05, 0.1) is 25.5 Å². The van der Waals surface area contributed by atoms with Crippen LogP contribution in [-0.4, -0.2) is 58.7 Å². The van der Waals surface area contributed by atoms with E-state index in [2.05, 4.69) is 36.4 Å². The van der Waals surface area contributed by atoms with Crippen molar-refractivity contribution in [2.45, 2.75) is 46.6 Å². The number of hydrogen-bond acceptors (Lipinski definition) is 4. The maximum absolute atomic E-state index is 11.0. The predicted octanol–water partition coefficient (Wildman–Crippen LogP) is 1.43. The van der Waals surface area contributed by atoms with Crippen LogP contribution in [0.15, 0.2) is 4.99 Å². The van der Waals surface area contributed by atoms with Gasteiger partial charge in [0.2, 0.25) is 0 Å². The summed E-state index contributed by atoms with van der Waals surface area (Å²) < 4.78 is 27.2. The van der Waals surface area contributed by atoms with Gasteiger partial charge in [-0.25, -0.2) is 8.42 Å². The molecule has 0 saturated carbocycles. The molecule has 0 saturated heterocycles. The van der Waals surface area contributed by atoms with Crippen molar-refractivity contribution in [3.63, 3.8) is 0 Å². The lowest BCUT2D eigenvalue weighted by molar-refractivity contribution is 0.157. The van der Waals surface area contributed by atoms with Crippen LogP contribution in [0.4, 0.5) is 0 Å². The molecule has 0 aromatic rings. The van der Waals surface area contributed by atoms with E-state index in [1.165, 1.54) is 12.7 Å². The first-order valence-electron chi connectivity index (χ1n) is 8.05. The van der Waals surface area contributed by atoms with Crippen molar-refractivity contribution in [2.24, 2.45) is 10.9 Å².